The molecule has 1 amide bonds. The topological polar surface area (TPSA) is 76.9 Å². The number of fused-ring (bicyclic) bond motifs is 1. The van der Waals surface area contributed by atoms with Gasteiger partial charge in [0.1, 0.15) is 10.6 Å². The molecule has 1 N–H and O–H groups in total. The Morgan fingerprint density at radius 1 is 1.37 bits per heavy atom. The Kier molecular flexibility index (Phi) is 6.02. The lowest BCUT2D eigenvalue weighted by Gasteiger charge is -2.09. The van der Waals surface area contributed by atoms with Gasteiger partial charge < -0.3 is 5.32 Å². The molecule has 0 aromatic carbocycles. The summed E-state index contributed by atoms with van der Waals surface area (Å²) in [6, 6.07) is 0.810. The zero-order valence-electron chi connectivity index (χ0n) is 13.5. The summed E-state index contributed by atoms with van der Waals surface area (Å²) in [5, 5.41) is 3.30. The first kappa shape index (κ1) is 20.0. The van der Waals surface area contributed by atoms with Crippen LogP contribution in [-0.2, 0) is 12.7 Å². The van der Waals surface area contributed by atoms with E-state index in [0.717, 1.165) is 23.6 Å². The summed E-state index contributed by atoms with van der Waals surface area (Å²) in [7, 11) is 0. The zero-order valence-corrected chi connectivity index (χ0v) is 15.9. The fourth-order valence-electron chi connectivity index (χ4n) is 2.27. The number of aromatic nitrogens is 3. The van der Waals surface area contributed by atoms with Crippen LogP contribution in [0, 0.1) is 0 Å². The fraction of sp³-hybridized carbons (Fsp3) is 0.333. The van der Waals surface area contributed by atoms with E-state index in [1.54, 1.807) is 0 Å². The summed E-state index contributed by atoms with van der Waals surface area (Å²) in [5.41, 5.74) is -1.35. The smallest absolute Gasteiger partial charge is 0.351 e. The molecule has 3 rings (SSSR count). The number of amides is 1. The molecule has 6 nitrogen and oxygen atoms in total. The minimum absolute atomic E-state index is 0.0445. The maximum Gasteiger partial charge on any atom is 0.417 e. The first-order valence-corrected chi connectivity index (χ1v) is 9.98. The average Bonchev–Trinajstić information content (AvgIpc) is 3.08. The van der Waals surface area contributed by atoms with Crippen LogP contribution in [-0.4, -0.2) is 38.5 Å². The molecular weight excluding hydrogens is 425 g/mol. The van der Waals surface area contributed by atoms with Crippen LogP contribution < -0.4 is 10.9 Å². The summed E-state index contributed by atoms with van der Waals surface area (Å²) >= 11 is 8.38. The second kappa shape index (κ2) is 8.11. The van der Waals surface area contributed by atoms with Crippen molar-refractivity contribution < 1.29 is 18.0 Å². The molecular formula is C15H12ClF3N4O2S2. The number of hydrogen-bond acceptors (Lipinski definition) is 6. The van der Waals surface area contributed by atoms with Gasteiger partial charge in [0.25, 0.3) is 11.5 Å². The predicted octanol–water partition coefficient (Wildman–Crippen LogP) is 2.94. The average molecular weight is 437 g/mol. The van der Waals surface area contributed by atoms with Crippen LogP contribution in [0.25, 0.3) is 0 Å². The Morgan fingerprint density at radius 2 is 2.15 bits per heavy atom. The van der Waals surface area contributed by atoms with Gasteiger partial charge in [-0.2, -0.15) is 13.2 Å². The van der Waals surface area contributed by atoms with E-state index in [4.69, 9.17) is 11.6 Å². The quantitative estimate of drug-likeness (QED) is 0.441. The molecule has 0 spiro atoms. The Morgan fingerprint density at radius 3 is 2.85 bits per heavy atom. The lowest BCUT2D eigenvalue weighted by Crippen LogP contribution is -2.34. The normalized spacial score (nSPS) is 13.5. The molecule has 0 saturated heterocycles. The summed E-state index contributed by atoms with van der Waals surface area (Å²) in [6.07, 6.45) is -2.55. The van der Waals surface area contributed by atoms with E-state index in [0.29, 0.717) is 23.7 Å². The highest BCUT2D eigenvalue weighted by Gasteiger charge is 2.31. The van der Waals surface area contributed by atoms with Crippen LogP contribution >= 0.6 is 35.1 Å². The van der Waals surface area contributed by atoms with Crippen molar-refractivity contribution in [3.05, 3.63) is 45.0 Å². The van der Waals surface area contributed by atoms with E-state index in [2.05, 4.69) is 15.3 Å². The summed E-state index contributed by atoms with van der Waals surface area (Å²) in [4.78, 5) is 32.2. The molecule has 144 valence electrons. The van der Waals surface area contributed by atoms with Gasteiger partial charge in [-0.25, -0.2) is 9.97 Å². The van der Waals surface area contributed by atoms with Crippen molar-refractivity contribution in [1.29, 1.82) is 0 Å². The largest absolute Gasteiger partial charge is 0.417 e. The molecule has 0 fully saturated rings. The van der Waals surface area contributed by atoms with Crippen molar-refractivity contribution in [2.45, 2.75) is 22.9 Å². The Bertz CT molecular complexity index is 936. The minimum Gasteiger partial charge on any atom is -0.351 e. The molecule has 27 heavy (non-hydrogen) atoms. The van der Waals surface area contributed by atoms with Gasteiger partial charge in [-0.15, -0.1) is 11.8 Å². The monoisotopic (exact) mass is 436 g/mol. The van der Waals surface area contributed by atoms with E-state index < -0.39 is 17.6 Å². The van der Waals surface area contributed by atoms with Gasteiger partial charge in [-0.3, -0.25) is 14.2 Å². The highest BCUT2D eigenvalue weighted by atomic mass is 35.5. The van der Waals surface area contributed by atoms with E-state index in [1.807, 2.05) is 0 Å². The van der Waals surface area contributed by atoms with Crippen LogP contribution in [0.5, 0.6) is 0 Å². The van der Waals surface area contributed by atoms with Gasteiger partial charge in [0.15, 0.2) is 5.16 Å². The molecule has 12 heteroatoms. The van der Waals surface area contributed by atoms with Gasteiger partial charge in [0, 0.05) is 37.0 Å². The SMILES string of the molecule is O=C(NCCSc1ncc(C(F)(F)F)cc1Cl)c1cnc2n(c1=O)CCS2. The number of hydrogen-bond donors (Lipinski definition) is 1. The van der Waals surface area contributed by atoms with Crippen molar-refractivity contribution in [2.24, 2.45) is 0 Å². The van der Waals surface area contributed by atoms with E-state index in [1.165, 1.54) is 22.5 Å². The summed E-state index contributed by atoms with van der Waals surface area (Å²) in [6.45, 7) is 0.694. The lowest BCUT2D eigenvalue weighted by atomic mass is 10.3. The molecule has 3 heterocycles. The van der Waals surface area contributed by atoms with Gasteiger partial charge in [0.2, 0.25) is 0 Å². The Balaban J connectivity index is 1.55. The van der Waals surface area contributed by atoms with Gasteiger partial charge in [-0.1, -0.05) is 23.4 Å². The second-order valence-electron chi connectivity index (χ2n) is 5.37. The molecule has 0 aliphatic carbocycles. The molecule has 0 bridgehead atoms. The van der Waals surface area contributed by atoms with Gasteiger partial charge >= 0.3 is 6.18 Å². The van der Waals surface area contributed by atoms with Crippen LogP contribution in [0.15, 0.2) is 33.4 Å². The van der Waals surface area contributed by atoms with Crippen LogP contribution in [0.4, 0.5) is 13.2 Å². The van der Waals surface area contributed by atoms with Crippen molar-refractivity contribution in [2.75, 3.05) is 18.1 Å². The number of alkyl halides is 3. The van der Waals surface area contributed by atoms with Crippen LogP contribution in [0.2, 0.25) is 5.02 Å². The Hall–Kier alpha value is -1.72. The van der Waals surface area contributed by atoms with Crippen molar-refractivity contribution >= 4 is 41.0 Å². The lowest BCUT2D eigenvalue weighted by molar-refractivity contribution is -0.137. The summed E-state index contributed by atoms with van der Waals surface area (Å²) < 4.78 is 39.2. The molecule has 0 radical (unpaired) electrons. The number of thioether (sulfide) groups is 2. The van der Waals surface area contributed by atoms with Gasteiger partial charge in [-0.05, 0) is 6.07 Å². The number of pyridine rings is 1. The third kappa shape index (κ3) is 4.58. The van der Waals surface area contributed by atoms with Gasteiger partial charge in [0.05, 0.1) is 10.6 Å². The standard InChI is InChI=1S/C15H12ClF3N4O2S2/c16-10-5-8(15(17,18)19)6-21-12(10)26-3-1-20-11(24)9-7-22-14-23(13(9)25)2-4-27-14/h5-7H,1-4H2,(H,20,24). The molecule has 1 aliphatic rings. The zero-order chi connectivity index (χ0) is 19.6. The van der Waals surface area contributed by atoms with Crippen LogP contribution in [0.1, 0.15) is 15.9 Å². The third-order valence-electron chi connectivity index (χ3n) is 3.56. The van der Waals surface area contributed by atoms with E-state index >= 15 is 0 Å². The molecule has 0 saturated carbocycles. The number of carbonyl (C=O) groups is 1. The number of carbonyl (C=O) groups excluding carboxylic acids is 1. The first-order chi connectivity index (χ1) is 12.8. The fourth-order valence-corrected chi connectivity index (χ4v) is 4.23. The molecule has 0 unspecified atom stereocenters. The highest BCUT2D eigenvalue weighted by molar-refractivity contribution is 7.99. The number of nitrogens with one attached hydrogen (secondary N) is 1. The molecule has 2 aromatic heterocycles. The number of nitrogens with zero attached hydrogens (tertiary/aromatic N) is 3. The molecule has 2 aromatic rings. The van der Waals surface area contributed by atoms with Crippen molar-refractivity contribution in [3.8, 4) is 0 Å². The summed E-state index contributed by atoms with van der Waals surface area (Å²) in [5.74, 6) is 0.510. The first-order valence-electron chi connectivity index (χ1n) is 7.64. The molecule has 0 atom stereocenters. The molecule has 1 aliphatic heterocycles. The minimum atomic E-state index is -4.51. The van der Waals surface area contributed by atoms with Crippen LogP contribution in [0.3, 0.4) is 0 Å². The maximum absolute atomic E-state index is 12.6. The van der Waals surface area contributed by atoms with Crippen molar-refractivity contribution in [1.82, 2.24) is 19.9 Å². The number of halogens is 4. The van der Waals surface area contributed by atoms with E-state index in [9.17, 15) is 22.8 Å². The third-order valence-corrected chi connectivity index (χ3v) is 5.94. The maximum atomic E-state index is 12.6. The predicted molar refractivity (Wildman–Crippen MR) is 96.5 cm³/mol. The second-order valence-corrected chi connectivity index (χ2v) is 7.93. The highest BCUT2D eigenvalue weighted by Crippen LogP contribution is 2.33. The van der Waals surface area contributed by atoms with Crippen molar-refractivity contribution in [3.63, 3.8) is 0 Å². The number of rotatable bonds is 5. The Labute approximate surface area is 164 Å². The van der Waals surface area contributed by atoms with E-state index in [-0.39, 0.29) is 27.7 Å².